The van der Waals surface area contributed by atoms with Crippen LogP contribution in [0.5, 0.6) is 5.75 Å². The number of ether oxygens (including phenoxy) is 2. The van der Waals surface area contributed by atoms with Gasteiger partial charge in [0.2, 0.25) is 5.91 Å². The van der Waals surface area contributed by atoms with Gasteiger partial charge in [0.25, 0.3) is 0 Å². The van der Waals surface area contributed by atoms with Gasteiger partial charge in [0.15, 0.2) is 0 Å². The van der Waals surface area contributed by atoms with Gasteiger partial charge >= 0.3 is 5.97 Å². The van der Waals surface area contributed by atoms with Gasteiger partial charge in [0.1, 0.15) is 12.4 Å². The third-order valence-corrected chi connectivity index (χ3v) is 8.20. The Hall–Kier alpha value is -2.48. The fourth-order valence-corrected chi connectivity index (χ4v) is 5.44. The first-order chi connectivity index (χ1) is 18.9. The maximum Gasteiger partial charge on any atom is 0.305 e. The van der Waals surface area contributed by atoms with Crippen LogP contribution in [0.3, 0.4) is 0 Å². The summed E-state index contributed by atoms with van der Waals surface area (Å²) in [6, 6.07) is 11.6. The van der Waals surface area contributed by atoms with E-state index in [2.05, 4.69) is 22.0 Å². The highest BCUT2D eigenvalue weighted by atomic mass is 35.5. The summed E-state index contributed by atoms with van der Waals surface area (Å²) in [5, 5.41) is 4.18. The third-order valence-electron chi connectivity index (χ3n) is 7.39. The minimum Gasteiger partial charge on any atom is -0.494 e. The van der Waals surface area contributed by atoms with Gasteiger partial charge < -0.3 is 19.7 Å². The average molecular weight is 577 g/mol. The number of unbranched alkanes of at least 4 members (excludes halogenated alkanes) is 3. The highest BCUT2D eigenvalue weighted by Crippen LogP contribution is 2.33. The van der Waals surface area contributed by atoms with Gasteiger partial charge in [-0.1, -0.05) is 55.1 Å². The summed E-state index contributed by atoms with van der Waals surface area (Å²) in [7, 11) is 0. The second kappa shape index (κ2) is 14.8. The molecule has 212 valence electrons. The number of nitrogens with zero attached hydrogens (tertiary/aromatic N) is 2. The van der Waals surface area contributed by atoms with E-state index >= 15 is 0 Å². The van der Waals surface area contributed by atoms with E-state index in [-0.39, 0.29) is 24.4 Å². The number of esters is 1. The van der Waals surface area contributed by atoms with Gasteiger partial charge in [0, 0.05) is 44.4 Å². The molecular formula is C30H39Cl2N3O4. The number of rotatable bonds is 13. The lowest BCUT2D eigenvalue weighted by molar-refractivity contribution is -0.146. The number of hydrogen-bond acceptors (Lipinski definition) is 6. The van der Waals surface area contributed by atoms with Crippen LogP contribution in [0.4, 0.5) is 11.4 Å². The zero-order valence-corrected chi connectivity index (χ0v) is 24.2. The largest absolute Gasteiger partial charge is 0.494 e. The van der Waals surface area contributed by atoms with Crippen molar-refractivity contribution in [3.8, 4) is 5.75 Å². The van der Waals surface area contributed by atoms with Crippen LogP contribution in [0.1, 0.15) is 51.0 Å². The van der Waals surface area contributed by atoms with Crippen molar-refractivity contribution in [1.82, 2.24) is 4.90 Å². The number of benzene rings is 2. The molecule has 39 heavy (non-hydrogen) atoms. The molecule has 0 radical (unpaired) electrons. The second-order valence-corrected chi connectivity index (χ2v) is 11.1. The first kappa shape index (κ1) is 29.5. The van der Waals surface area contributed by atoms with Crippen LogP contribution in [0.25, 0.3) is 0 Å². The van der Waals surface area contributed by atoms with Crippen molar-refractivity contribution >= 4 is 46.5 Å². The first-order valence-electron chi connectivity index (χ1n) is 14.1. The molecule has 0 aromatic heterocycles. The van der Waals surface area contributed by atoms with Crippen LogP contribution in [0.2, 0.25) is 10.0 Å². The highest BCUT2D eigenvalue weighted by Gasteiger charge is 2.27. The first-order valence-corrected chi connectivity index (χ1v) is 14.8. The quantitative estimate of drug-likeness (QED) is 0.226. The van der Waals surface area contributed by atoms with Crippen molar-refractivity contribution in [3.63, 3.8) is 0 Å². The minimum atomic E-state index is -0.358. The van der Waals surface area contributed by atoms with Crippen LogP contribution < -0.4 is 15.0 Å². The van der Waals surface area contributed by atoms with Crippen molar-refractivity contribution in [2.45, 2.75) is 51.9 Å². The standard InChI is InChI=1S/C30H39Cl2N3O4/c1-2-3-4-10-28(36)39-21-23-19-22-11-12-24(20-26(22)33-30(23)37)38-18-6-5-13-34-14-16-35(17-15-34)27-9-7-8-25(31)29(27)32/h7-9,11-12,20,23H,2-6,10,13-19,21H2,1H3,(H,33,37). The molecule has 0 saturated carbocycles. The molecule has 2 aliphatic heterocycles. The number of carbonyl (C=O) groups excluding carboxylic acids is 2. The number of anilines is 2. The summed E-state index contributed by atoms with van der Waals surface area (Å²) in [6.45, 7) is 7.72. The second-order valence-electron chi connectivity index (χ2n) is 10.3. The van der Waals surface area contributed by atoms with Gasteiger partial charge in [-0.2, -0.15) is 0 Å². The summed E-state index contributed by atoms with van der Waals surface area (Å²) >= 11 is 12.6. The van der Waals surface area contributed by atoms with Gasteiger partial charge in [0.05, 0.1) is 28.3 Å². The summed E-state index contributed by atoms with van der Waals surface area (Å²) in [5.41, 5.74) is 2.82. The third kappa shape index (κ3) is 8.50. The zero-order chi connectivity index (χ0) is 27.6. The molecule has 0 bridgehead atoms. The molecule has 1 atom stereocenters. The van der Waals surface area contributed by atoms with Crippen LogP contribution in [-0.4, -0.2) is 62.7 Å². The maximum absolute atomic E-state index is 12.6. The molecule has 2 aromatic carbocycles. The predicted octanol–water partition coefficient (Wildman–Crippen LogP) is 6.21. The SMILES string of the molecule is CCCCCC(=O)OCC1Cc2ccc(OCCCCN3CCN(c4cccc(Cl)c4Cl)CC3)cc2NC1=O. The van der Waals surface area contributed by atoms with Gasteiger partial charge in [-0.3, -0.25) is 14.5 Å². The van der Waals surface area contributed by atoms with E-state index in [0.29, 0.717) is 29.5 Å². The average Bonchev–Trinajstić information content (AvgIpc) is 2.94. The molecule has 0 spiro atoms. The molecule has 0 aliphatic carbocycles. The van der Waals surface area contributed by atoms with E-state index in [1.807, 2.05) is 36.4 Å². The van der Waals surface area contributed by atoms with Gasteiger partial charge in [-0.15, -0.1) is 0 Å². The monoisotopic (exact) mass is 575 g/mol. The molecule has 9 heteroatoms. The number of nitrogens with one attached hydrogen (secondary N) is 1. The number of hydrogen-bond donors (Lipinski definition) is 1. The lowest BCUT2D eigenvalue weighted by atomic mass is 9.93. The molecule has 2 aromatic rings. The Kier molecular flexibility index (Phi) is 11.2. The van der Waals surface area contributed by atoms with Gasteiger partial charge in [-0.25, -0.2) is 0 Å². The number of piperazine rings is 1. The van der Waals surface area contributed by atoms with Crippen LogP contribution in [0, 0.1) is 5.92 Å². The summed E-state index contributed by atoms with van der Waals surface area (Å²) in [6.07, 6.45) is 5.87. The lowest BCUT2D eigenvalue weighted by Gasteiger charge is -2.36. The van der Waals surface area contributed by atoms with Crippen molar-refractivity contribution < 1.29 is 19.1 Å². The van der Waals surface area contributed by atoms with Crippen molar-refractivity contribution in [2.24, 2.45) is 5.92 Å². The van der Waals surface area contributed by atoms with E-state index < -0.39 is 0 Å². The number of amides is 1. The van der Waals surface area contributed by atoms with Crippen LogP contribution in [0.15, 0.2) is 36.4 Å². The Morgan fingerprint density at radius 1 is 1.05 bits per heavy atom. The summed E-state index contributed by atoms with van der Waals surface area (Å²) in [5.74, 6) is 0.0554. The number of fused-ring (bicyclic) bond motifs is 1. The fraction of sp³-hybridized carbons (Fsp3) is 0.533. The van der Waals surface area contributed by atoms with E-state index in [4.69, 9.17) is 32.7 Å². The maximum atomic E-state index is 12.6. The van der Waals surface area contributed by atoms with Crippen LogP contribution in [-0.2, 0) is 20.7 Å². The Morgan fingerprint density at radius 3 is 2.67 bits per heavy atom. The molecule has 1 N–H and O–H groups in total. The number of halogens is 2. The molecule has 2 aliphatic rings. The molecular weight excluding hydrogens is 537 g/mol. The van der Waals surface area contributed by atoms with E-state index in [1.165, 1.54) is 0 Å². The molecule has 7 nitrogen and oxygen atoms in total. The molecule has 1 fully saturated rings. The Labute approximate surface area is 241 Å². The minimum absolute atomic E-state index is 0.112. The summed E-state index contributed by atoms with van der Waals surface area (Å²) < 4.78 is 11.3. The van der Waals surface area contributed by atoms with Crippen molar-refractivity contribution in [3.05, 3.63) is 52.0 Å². The summed E-state index contributed by atoms with van der Waals surface area (Å²) in [4.78, 5) is 29.2. The van der Waals surface area contributed by atoms with Gasteiger partial charge in [-0.05, 0) is 56.0 Å². The van der Waals surface area contributed by atoms with Crippen LogP contribution >= 0.6 is 23.2 Å². The smallest absolute Gasteiger partial charge is 0.305 e. The zero-order valence-electron chi connectivity index (χ0n) is 22.7. The Morgan fingerprint density at radius 2 is 1.87 bits per heavy atom. The normalized spacial score (nSPS) is 17.5. The Balaban J connectivity index is 1.13. The van der Waals surface area contributed by atoms with E-state index in [9.17, 15) is 9.59 Å². The highest BCUT2D eigenvalue weighted by molar-refractivity contribution is 6.43. The van der Waals surface area contributed by atoms with Crippen molar-refractivity contribution in [1.29, 1.82) is 0 Å². The molecule has 1 amide bonds. The van der Waals surface area contributed by atoms with Crippen molar-refractivity contribution in [2.75, 3.05) is 56.2 Å². The Bertz CT molecular complexity index is 1120. The topological polar surface area (TPSA) is 71.1 Å². The molecule has 1 unspecified atom stereocenters. The number of carbonyl (C=O) groups is 2. The fourth-order valence-electron chi connectivity index (χ4n) is 5.03. The molecule has 1 saturated heterocycles. The molecule has 2 heterocycles. The van der Waals surface area contributed by atoms with E-state index in [1.54, 1.807) is 0 Å². The lowest BCUT2D eigenvalue weighted by Crippen LogP contribution is -2.46. The molecule has 4 rings (SSSR count). The van der Waals surface area contributed by atoms with E-state index in [0.717, 1.165) is 87.5 Å². The predicted molar refractivity (Wildman–Crippen MR) is 157 cm³/mol.